The molecular formula is C19H17NO4. The van der Waals surface area contributed by atoms with Crippen LogP contribution in [0.25, 0.3) is 11.0 Å². The molecule has 3 aromatic rings. The van der Waals surface area contributed by atoms with E-state index in [0.29, 0.717) is 5.58 Å². The van der Waals surface area contributed by atoms with Crippen molar-refractivity contribution in [1.82, 2.24) is 0 Å². The van der Waals surface area contributed by atoms with Gasteiger partial charge in [-0.1, -0.05) is 43.3 Å². The molecule has 3 rings (SSSR count). The molecule has 122 valence electrons. The molecule has 0 saturated heterocycles. The van der Waals surface area contributed by atoms with Crippen LogP contribution in [0, 0.1) is 0 Å². The van der Waals surface area contributed by atoms with Crippen molar-refractivity contribution >= 4 is 28.5 Å². The third-order valence-corrected chi connectivity index (χ3v) is 3.63. The molecule has 0 unspecified atom stereocenters. The van der Waals surface area contributed by atoms with Crippen LogP contribution in [-0.4, -0.2) is 18.5 Å². The summed E-state index contributed by atoms with van der Waals surface area (Å²) < 4.78 is 10.4. The molecule has 0 fully saturated rings. The fraction of sp³-hybridized carbons (Fsp3) is 0.158. The molecule has 24 heavy (non-hydrogen) atoms. The monoisotopic (exact) mass is 323 g/mol. The Labute approximate surface area is 139 Å². The molecule has 5 nitrogen and oxygen atoms in total. The van der Waals surface area contributed by atoms with Gasteiger partial charge in [0, 0.05) is 11.1 Å². The number of benzene rings is 2. The number of ether oxygens (including phenoxy) is 1. The predicted octanol–water partition coefficient (Wildman–Crippen LogP) is 3.79. The van der Waals surface area contributed by atoms with E-state index in [1.165, 1.54) is 0 Å². The molecule has 1 aromatic heterocycles. The maximum Gasteiger partial charge on any atom is 0.374 e. The number of anilines is 1. The zero-order chi connectivity index (χ0) is 16.9. The van der Waals surface area contributed by atoms with E-state index in [0.717, 1.165) is 23.1 Å². The Morgan fingerprint density at radius 2 is 1.83 bits per heavy atom. The van der Waals surface area contributed by atoms with E-state index < -0.39 is 5.97 Å². The minimum Gasteiger partial charge on any atom is -0.450 e. The molecular weight excluding hydrogens is 306 g/mol. The molecule has 0 radical (unpaired) electrons. The smallest absolute Gasteiger partial charge is 0.374 e. The fourth-order valence-electron chi connectivity index (χ4n) is 2.42. The summed E-state index contributed by atoms with van der Waals surface area (Å²) >= 11 is 0. The van der Waals surface area contributed by atoms with Crippen LogP contribution < -0.4 is 5.32 Å². The minimum atomic E-state index is -0.662. The zero-order valence-corrected chi connectivity index (χ0v) is 13.2. The standard InChI is InChI=1S/C19H17NO4/c1-2-13-7-3-5-9-15(13)20-18(21)12-23-19(22)17-11-14-8-4-6-10-16(14)24-17/h3-11H,2,12H2,1H3,(H,20,21). The normalized spacial score (nSPS) is 10.5. The lowest BCUT2D eigenvalue weighted by molar-refractivity contribution is -0.119. The van der Waals surface area contributed by atoms with Crippen molar-refractivity contribution in [3.05, 3.63) is 65.9 Å². The topological polar surface area (TPSA) is 68.5 Å². The summed E-state index contributed by atoms with van der Waals surface area (Å²) in [5.41, 5.74) is 2.35. The third kappa shape index (κ3) is 3.46. The summed E-state index contributed by atoms with van der Waals surface area (Å²) in [6.45, 7) is 1.64. The van der Waals surface area contributed by atoms with Gasteiger partial charge in [-0.05, 0) is 30.2 Å². The quantitative estimate of drug-likeness (QED) is 0.725. The Kier molecular flexibility index (Phi) is 4.61. The van der Waals surface area contributed by atoms with Gasteiger partial charge in [0.05, 0.1) is 0 Å². The molecule has 0 aliphatic carbocycles. The highest BCUT2D eigenvalue weighted by Gasteiger charge is 2.15. The Morgan fingerprint density at radius 3 is 2.62 bits per heavy atom. The molecule has 0 bridgehead atoms. The van der Waals surface area contributed by atoms with Crippen LogP contribution in [0.5, 0.6) is 0 Å². The van der Waals surface area contributed by atoms with Crippen molar-refractivity contribution in [3.8, 4) is 0 Å². The van der Waals surface area contributed by atoms with Crippen LogP contribution in [-0.2, 0) is 16.0 Å². The Bertz CT molecular complexity index is 849. The highest BCUT2D eigenvalue weighted by atomic mass is 16.5. The Morgan fingerprint density at radius 1 is 1.08 bits per heavy atom. The van der Waals surface area contributed by atoms with Crippen molar-refractivity contribution < 1.29 is 18.7 Å². The average Bonchev–Trinajstić information content (AvgIpc) is 3.04. The lowest BCUT2D eigenvalue weighted by Crippen LogP contribution is -2.21. The summed E-state index contributed by atoms with van der Waals surface area (Å²) in [4.78, 5) is 24.0. The van der Waals surface area contributed by atoms with Crippen LogP contribution >= 0.6 is 0 Å². The van der Waals surface area contributed by atoms with Gasteiger partial charge < -0.3 is 14.5 Å². The number of rotatable bonds is 5. The van der Waals surface area contributed by atoms with E-state index in [9.17, 15) is 9.59 Å². The first-order chi connectivity index (χ1) is 11.7. The van der Waals surface area contributed by atoms with Gasteiger partial charge in [-0.15, -0.1) is 0 Å². The van der Waals surface area contributed by atoms with Gasteiger partial charge in [0.25, 0.3) is 5.91 Å². The number of hydrogen-bond acceptors (Lipinski definition) is 4. The van der Waals surface area contributed by atoms with E-state index >= 15 is 0 Å². The van der Waals surface area contributed by atoms with Gasteiger partial charge in [0.1, 0.15) is 5.58 Å². The number of carbonyl (C=O) groups excluding carboxylic acids is 2. The summed E-state index contributed by atoms with van der Waals surface area (Å²) in [6, 6.07) is 16.4. The summed E-state index contributed by atoms with van der Waals surface area (Å²) in [5.74, 6) is -0.969. The largest absolute Gasteiger partial charge is 0.450 e. The Balaban J connectivity index is 1.60. The maximum atomic E-state index is 12.0. The minimum absolute atomic E-state index is 0.0814. The van der Waals surface area contributed by atoms with Gasteiger partial charge in [0.15, 0.2) is 6.61 Å². The van der Waals surface area contributed by atoms with Gasteiger partial charge in [0.2, 0.25) is 5.76 Å². The summed E-state index contributed by atoms with van der Waals surface area (Å²) in [6.07, 6.45) is 0.801. The fourth-order valence-corrected chi connectivity index (χ4v) is 2.42. The van der Waals surface area contributed by atoms with Crippen molar-refractivity contribution in [2.24, 2.45) is 0 Å². The number of amides is 1. The second-order valence-corrected chi connectivity index (χ2v) is 5.28. The Hall–Kier alpha value is -3.08. The molecule has 2 aromatic carbocycles. The molecule has 0 atom stereocenters. The van der Waals surface area contributed by atoms with Gasteiger partial charge >= 0.3 is 5.97 Å². The third-order valence-electron chi connectivity index (χ3n) is 3.63. The van der Waals surface area contributed by atoms with Crippen molar-refractivity contribution in [1.29, 1.82) is 0 Å². The highest BCUT2D eigenvalue weighted by molar-refractivity contribution is 5.96. The van der Waals surface area contributed by atoms with Crippen LogP contribution in [0.2, 0.25) is 0 Å². The number of nitrogens with one attached hydrogen (secondary N) is 1. The van der Waals surface area contributed by atoms with Crippen LogP contribution in [0.15, 0.2) is 59.0 Å². The van der Waals surface area contributed by atoms with E-state index in [1.807, 2.05) is 49.4 Å². The molecule has 0 aliphatic heterocycles. The van der Waals surface area contributed by atoms with Crippen LogP contribution in [0.4, 0.5) is 5.69 Å². The lowest BCUT2D eigenvalue weighted by Gasteiger charge is -2.09. The lowest BCUT2D eigenvalue weighted by atomic mass is 10.1. The number of hydrogen-bond donors (Lipinski definition) is 1. The van der Waals surface area contributed by atoms with E-state index in [-0.39, 0.29) is 18.3 Å². The first-order valence-electron chi connectivity index (χ1n) is 7.71. The number of aryl methyl sites for hydroxylation is 1. The highest BCUT2D eigenvalue weighted by Crippen LogP contribution is 2.19. The number of fused-ring (bicyclic) bond motifs is 1. The van der Waals surface area contributed by atoms with Gasteiger partial charge in [-0.2, -0.15) is 0 Å². The molecule has 5 heteroatoms. The summed E-state index contributed by atoms with van der Waals surface area (Å²) in [5, 5.41) is 3.56. The van der Waals surface area contributed by atoms with E-state index in [4.69, 9.17) is 9.15 Å². The predicted molar refractivity (Wildman–Crippen MR) is 90.9 cm³/mol. The SMILES string of the molecule is CCc1ccccc1NC(=O)COC(=O)c1cc2ccccc2o1. The first kappa shape index (κ1) is 15.8. The van der Waals surface area contributed by atoms with Crippen molar-refractivity contribution in [2.75, 3.05) is 11.9 Å². The molecule has 0 spiro atoms. The van der Waals surface area contributed by atoms with Crippen molar-refractivity contribution in [3.63, 3.8) is 0 Å². The molecule has 1 amide bonds. The van der Waals surface area contributed by atoms with Crippen molar-refractivity contribution in [2.45, 2.75) is 13.3 Å². The number of para-hydroxylation sites is 2. The second kappa shape index (κ2) is 7.00. The summed E-state index contributed by atoms with van der Waals surface area (Å²) in [7, 11) is 0. The molecule has 0 saturated carbocycles. The first-order valence-corrected chi connectivity index (χ1v) is 7.71. The van der Waals surface area contributed by atoms with Crippen LogP contribution in [0.3, 0.4) is 0 Å². The maximum absolute atomic E-state index is 12.0. The van der Waals surface area contributed by atoms with Gasteiger partial charge in [-0.3, -0.25) is 4.79 Å². The number of carbonyl (C=O) groups is 2. The van der Waals surface area contributed by atoms with E-state index in [2.05, 4.69) is 5.32 Å². The number of furan rings is 1. The zero-order valence-electron chi connectivity index (χ0n) is 13.2. The van der Waals surface area contributed by atoms with Gasteiger partial charge in [-0.25, -0.2) is 4.79 Å². The average molecular weight is 323 g/mol. The van der Waals surface area contributed by atoms with Crippen LogP contribution in [0.1, 0.15) is 23.0 Å². The van der Waals surface area contributed by atoms with E-state index in [1.54, 1.807) is 12.1 Å². The second-order valence-electron chi connectivity index (χ2n) is 5.28. The molecule has 1 heterocycles. The number of esters is 1. The molecule has 1 N–H and O–H groups in total. The molecule has 0 aliphatic rings.